The Kier molecular flexibility index (Phi) is 9.62. The molecule has 0 heterocycles. The van der Waals surface area contributed by atoms with Crippen LogP contribution in [-0.2, 0) is 10.5 Å². The molecule has 130 valence electrons. The van der Waals surface area contributed by atoms with Crippen LogP contribution in [0.2, 0.25) is 0 Å². The Morgan fingerprint density at radius 1 is 1.52 bits per heavy atom. The lowest BCUT2D eigenvalue weighted by molar-refractivity contribution is -0.385. The SMILES string of the molecule is COc1ccc(CSCC(=O)N(C)C(C)CN)cc1[N+](=O)[O-].Cl. The van der Waals surface area contributed by atoms with Crippen molar-refractivity contribution in [3.05, 3.63) is 33.9 Å². The van der Waals surface area contributed by atoms with Gasteiger partial charge in [-0.05, 0) is 18.6 Å². The van der Waals surface area contributed by atoms with E-state index in [0.29, 0.717) is 18.1 Å². The van der Waals surface area contributed by atoms with E-state index < -0.39 is 4.92 Å². The first kappa shape index (κ1) is 21.5. The third kappa shape index (κ3) is 6.25. The van der Waals surface area contributed by atoms with Crippen LogP contribution >= 0.6 is 24.2 Å². The summed E-state index contributed by atoms with van der Waals surface area (Å²) in [5.74, 6) is 1.04. The minimum Gasteiger partial charge on any atom is -0.490 e. The average Bonchev–Trinajstić information content (AvgIpc) is 2.52. The summed E-state index contributed by atoms with van der Waals surface area (Å²) in [6.45, 7) is 2.30. The van der Waals surface area contributed by atoms with Crippen molar-refractivity contribution in [2.24, 2.45) is 5.73 Å². The van der Waals surface area contributed by atoms with E-state index in [0.717, 1.165) is 5.56 Å². The zero-order chi connectivity index (χ0) is 16.7. The number of halogens is 1. The second-order valence-electron chi connectivity index (χ2n) is 4.85. The zero-order valence-electron chi connectivity index (χ0n) is 13.4. The molecule has 0 radical (unpaired) electrons. The van der Waals surface area contributed by atoms with Crippen molar-refractivity contribution < 1.29 is 14.5 Å². The van der Waals surface area contributed by atoms with Crippen LogP contribution in [0.5, 0.6) is 5.75 Å². The number of likely N-dealkylation sites (N-methyl/N-ethyl adjacent to an activating group) is 1. The molecule has 0 bridgehead atoms. The summed E-state index contributed by atoms with van der Waals surface area (Å²) in [5, 5.41) is 11.0. The number of hydrogen-bond donors (Lipinski definition) is 1. The van der Waals surface area contributed by atoms with Crippen molar-refractivity contribution in [3.63, 3.8) is 0 Å². The van der Waals surface area contributed by atoms with Gasteiger partial charge in [-0.1, -0.05) is 6.07 Å². The molecule has 9 heteroatoms. The molecule has 0 spiro atoms. The van der Waals surface area contributed by atoms with Gasteiger partial charge in [0, 0.05) is 31.5 Å². The van der Waals surface area contributed by atoms with Crippen LogP contribution in [0, 0.1) is 10.1 Å². The number of thioether (sulfide) groups is 1. The van der Waals surface area contributed by atoms with Gasteiger partial charge in [-0.25, -0.2) is 0 Å². The maximum atomic E-state index is 11.9. The Bertz CT molecular complexity index is 545. The maximum Gasteiger partial charge on any atom is 0.311 e. The number of amides is 1. The number of benzene rings is 1. The predicted octanol–water partition coefficient (Wildman–Crippen LogP) is 2.06. The number of carbonyl (C=O) groups excluding carboxylic acids is 1. The Labute approximate surface area is 146 Å². The summed E-state index contributed by atoms with van der Waals surface area (Å²) in [6.07, 6.45) is 0. The number of rotatable bonds is 8. The van der Waals surface area contributed by atoms with Crippen molar-refractivity contribution in [1.82, 2.24) is 4.90 Å². The van der Waals surface area contributed by atoms with E-state index in [-0.39, 0.29) is 35.8 Å². The van der Waals surface area contributed by atoms with Crippen molar-refractivity contribution in [2.45, 2.75) is 18.7 Å². The van der Waals surface area contributed by atoms with Crippen LogP contribution in [0.3, 0.4) is 0 Å². The molecule has 1 aromatic rings. The number of hydrogen-bond acceptors (Lipinski definition) is 6. The summed E-state index contributed by atoms with van der Waals surface area (Å²) >= 11 is 1.41. The van der Waals surface area contributed by atoms with Crippen LogP contribution < -0.4 is 10.5 Å². The molecule has 23 heavy (non-hydrogen) atoms. The fourth-order valence-corrected chi connectivity index (χ4v) is 2.63. The first-order valence-corrected chi connectivity index (χ1v) is 7.91. The maximum absolute atomic E-state index is 11.9. The van der Waals surface area contributed by atoms with Gasteiger partial charge in [0.1, 0.15) is 0 Å². The van der Waals surface area contributed by atoms with Gasteiger partial charge in [-0.2, -0.15) is 0 Å². The summed E-state index contributed by atoms with van der Waals surface area (Å²) < 4.78 is 4.95. The highest BCUT2D eigenvalue weighted by molar-refractivity contribution is 7.99. The average molecular weight is 364 g/mol. The molecule has 1 rings (SSSR count). The Hall–Kier alpha value is -1.51. The van der Waals surface area contributed by atoms with E-state index >= 15 is 0 Å². The lowest BCUT2D eigenvalue weighted by Crippen LogP contribution is -2.40. The molecule has 7 nitrogen and oxygen atoms in total. The molecule has 0 aliphatic heterocycles. The van der Waals surface area contributed by atoms with Gasteiger partial charge in [0.15, 0.2) is 5.75 Å². The van der Waals surface area contributed by atoms with Crippen LogP contribution in [0.25, 0.3) is 0 Å². The van der Waals surface area contributed by atoms with Gasteiger partial charge < -0.3 is 15.4 Å². The van der Waals surface area contributed by atoms with Crippen LogP contribution in [-0.4, -0.2) is 48.2 Å². The first-order valence-electron chi connectivity index (χ1n) is 6.75. The number of nitrogens with zero attached hydrogens (tertiary/aromatic N) is 2. The molecule has 0 saturated carbocycles. The number of nitro groups is 1. The molecule has 2 N–H and O–H groups in total. The molecule has 1 amide bonds. The molecular formula is C14H22ClN3O4S. The molecular weight excluding hydrogens is 342 g/mol. The van der Waals surface area contributed by atoms with Crippen LogP contribution in [0.15, 0.2) is 18.2 Å². The van der Waals surface area contributed by atoms with E-state index in [4.69, 9.17) is 10.5 Å². The molecule has 0 aliphatic carbocycles. The number of methoxy groups -OCH3 is 1. The quantitative estimate of drug-likeness (QED) is 0.560. The van der Waals surface area contributed by atoms with Gasteiger partial charge in [0.25, 0.3) is 0 Å². The number of nitro benzene ring substituents is 1. The number of carbonyl (C=O) groups is 1. The largest absolute Gasteiger partial charge is 0.490 e. The van der Waals surface area contributed by atoms with Crippen molar-refractivity contribution in [3.8, 4) is 5.75 Å². The third-order valence-electron chi connectivity index (χ3n) is 3.33. The molecule has 0 saturated heterocycles. The van der Waals surface area contributed by atoms with E-state index in [1.54, 1.807) is 24.1 Å². The monoisotopic (exact) mass is 363 g/mol. The third-order valence-corrected chi connectivity index (χ3v) is 4.32. The molecule has 1 atom stereocenters. The smallest absolute Gasteiger partial charge is 0.311 e. The van der Waals surface area contributed by atoms with Crippen molar-refractivity contribution in [2.75, 3.05) is 26.5 Å². The van der Waals surface area contributed by atoms with Gasteiger partial charge in [-0.3, -0.25) is 14.9 Å². The summed E-state index contributed by atoms with van der Waals surface area (Å²) in [7, 11) is 3.11. The predicted molar refractivity (Wildman–Crippen MR) is 94.3 cm³/mol. The molecule has 0 aromatic heterocycles. The fourth-order valence-electron chi connectivity index (χ4n) is 1.73. The van der Waals surface area contributed by atoms with Crippen LogP contribution in [0.4, 0.5) is 5.69 Å². The van der Waals surface area contributed by atoms with E-state index in [9.17, 15) is 14.9 Å². The highest BCUT2D eigenvalue weighted by Crippen LogP contribution is 2.29. The first-order chi connectivity index (χ1) is 10.4. The number of nitrogens with two attached hydrogens (primary N) is 1. The second-order valence-corrected chi connectivity index (χ2v) is 5.83. The standard InChI is InChI=1S/C14H21N3O4S.ClH/c1-10(7-15)16(2)14(18)9-22-8-11-4-5-13(21-3)12(6-11)17(19)20;/h4-6,10H,7-9,15H2,1-3H3;1H. The van der Waals surface area contributed by atoms with E-state index in [2.05, 4.69) is 0 Å². The molecule has 1 aromatic carbocycles. The van der Waals surface area contributed by atoms with E-state index in [1.165, 1.54) is 24.9 Å². The van der Waals surface area contributed by atoms with Crippen molar-refractivity contribution >= 4 is 35.8 Å². The molecule has 0 fully saturated rings. The Balaban J connectivity index is 0.00000484. The Morgan fingerprint density at radius 2 is 2.17 bits per heavy atom. The highest BCUT2D eigenvalue weighted by Gasteiger charge is 2.16. The summed E-state index contributed by atoms with van der Waals surface area (Å²) in [4.78, 5) is 24.0. The van der Waals surface area contributed by atoms with Gasteiger partial charge in [-0.15, -0.1) is 24.2 Å². The van der Waals surface area contributed by atoms with Gasteiger partial charge in [0.2, 0.25) is 5.91 Å². The summed E-state index contributed by atoms with van der Waals surface area (Å²) in [6, 6.07) is 4.80. The van der Waals surface area contributed by atoms with Gasteiger partial charge in [0.05, 0.1) is 17.8 Å². The minimum atomic E-state index is -0.477. The lowest BCUT2D eigenvalue weighted by atomic mass is 10.2. The zero-order valence-corrected chi connectivity index (χ0v) is 15.0. The Morgan fingerprint density at radius 3 is 2.70 bits per heavy atom. The van der Waals surface area contributed by atoms with Gasteiger partial charge >= 0.3 is 5.69 Å². The molecule has 0 aliphatic rings. The topological polar surface area (TPSA) is 98.7 Å². The number of ether oxygens (including phenoxy) is 1. The van der Waals surface area contributed by atoms with Crippen molar-refractivity contribution in [1.29, 1.82) is 0 Å². The minimum absolute atomic E-state index is 0. The summed E-state index contributed by atoms with van der Waals surface area (Å²) in [5.41, 5.74) is 6.24. The normalized spacial score (nSPS) is 11.3. The highest BCUT2D eigenvalue weighted by atomic mass is 35.5. The molecule has 1 unspecified atom stereocenters. The lowest BCUT2D eigenvalue weighted by Gasteiger charge is -2.23. The van der Waals surface area contributed by atoms with E-state index in [1.807, 2.05) is 6.92 Å². The fraction of sp³-hybridized carbons (Fsp3) is 0.500. The second kappa shape index (κ2) is 10.3. The van der Waals surface area contributed by atoms with Crippen LogP contribution in [0.1, 0.15) is 12.5 Å².